The standard InChI is InChI=1S/C55H38N2/c1-4-18-39(19-5-1)40-20-16-26-44(36-40)56(46-34-35-54-50(38-46)49-30-12-15-33-53(49)57(54)43-24-8-3-9-25-43)45-27-17-23-42(37-45)55(41-21-6-2-7-22-41)51-31-13-10-28-47(51)48-29-11-14-32-52(48)55/h1-38H. The van der Waals surface area contributed by atoms with Crippen LogP contribution in [0.1, 0.15) is 22.3 Å². The van der Waals surface area contributed by atoms with Crippen LogP contribution in [0.25, 0.3) is 49.7 Å². The zero-order chi connectivity index (χ0) is 37.8. The van der Waals surface area contributed by atoms with Crippen LogP contribution < -0.4 is 4.90 Å². The topological polar surface area (TPSA) is 8.17 Å². The molecule has 2 nitrogen and oxygen atoms in total. The Bertz CT molecular complexity index is 3020. The van der Waals surface area contributed by atoms with Gasteiger partial charge in [0.25, 0.3) is 0 Å². The number of para-hydroxylation sites is 2. The molecule has 268 valence electrons. The van der Waals surface area contributed by atoms with Gasteiger partial charge in [-0.25, -0.2) is 0 Å². The molecule has 0 amide bonds. The van der Waals surface area contributed by atoms with Crippen molar-refractivity contribution in [2.75, 3.05) is 4.90 Å². The minimum absolute atomic E-state index is 0.505. The summed E-state index contributed by atoms with van der Waals surface area (Å²) in [5.74, 6) is 0. The Balaban J connectivity index is 1.17. The molecule has 0 fully saturated rings. The van der Waals surface area contributed by atoms with Crippen molar-refractivity contribution in [1.29, 1.82) is 0 Å². The van der Waals surface area contributed by atoms with E-state index in [2.05, 4.69) is 240 Å². The van der Waals surface area contributed by atoms with Gasteiger partial charge in [0.05, 0.1) is 16.4 Å². The van der Waals surface area contributed by atoms with Crippen molar-refractivity contribution in [3.05, 3.63) is 253 Å². The monoisotopic (exact) mass is 726 g/mol. The van der Waals surface area contributed by atoms with Gasteiger partial charge in [0, 0.05) is 33.5 Å². The summed E-state index contributed by atoms with van der Waals surface area (Å²) in [5.41, 5.74) is 16.4. The van der Waals surface area contributed by atoms with Gasteiger partial charge in [0.15, 0.2) is 0 Å². The first kappa shape index (κ1) is 33.0. The molecule has 9 aromatic carbocycles. The molecule has 2 heteroatoms. The average Bonchev–Trinajstić information content (AvgIpc) is 3.78. The van der Waals surface area contributed by atoms with E-state index in [1.54, 1.807) is 0 Å². The number of anilines is 3. The first-order valence-electron chi connectivity index (χ1n) is 19.7. The van der Waals surface area contributed by atoms with E-state index in [0.717, 1.165) is 22.7 Å². The van der Waals surface area contributed by atoms with E-state index in [0.29, 0.717) is 0 Å². The van der Waals surface area contributed by atoms with Crippen molar-refractivity contribution < 1.29 is 0 Å². The number of benzene rings is 9. The molecule has 1 aliphatic rings. The van der Waals surface area contributed by atoms with Crippen LogP contribution in [0, 0.1) is 0 Å². The van der Waals surface area contributed by atoms with Crippen LogP contribution >= 0.6 is 0 Å². The van der Waals surface area contributed by atoms with Gasteiger partial charge in [-0.05, 0) is 105 Å². The lowest BCUT2D eigenvalue weighted by molar-refractivity contribution is 0.768. The molecule has 10 aromatic rings. The summed E-state index contributed by atoms with van der Waals surface area (Å²) in [6.07, 6.45) is 0. The van der Waals surface area contributed by atoms with E-state index < -0.39 is 5.41 Å². The summed E-state index contributed by atoms with van der Waals surface area (Å²) in [7, 11) is 0. The van der Waals surface area contributed by atoms with E-state index in [4.69, 9.17) is 0 Å². The van der Waals surface area contributed by atoms with E-state index in [9.17, 15) is 0 Å². The Hall–Kier alpha value is -7.42. The summed E-state index contributed by atoms with van der Waals surface area (Å²) < 4.78 is 2.38. The van der Waals surface area contributed by atoms with Crippen LogP contribution in [0.4, 0.5) is 17.1 Å². The second kappa shape index (κ2) is 13.4. The summed E-state index contributed by atoms with van der Waals surface area (Å²) in [4.78, 5) is 2.44. The van der Waals surface area contributed by atoms with Crippen molar-refractivity contribution in [2.45, 2.75) is 5.41 Å². The number of hydrogen-bond donors (Lipinski definition) is 0. The predicted molar refractivity (Wildman–Crippen MR) is 238 cm³/mol. The van der Waals surface area contributed by atoms with E-state index >= 15 is 0 Å². The minimum atomic E-state index is -0.505. The van der Waals surface area contributed by atoms with Crippen LogP contribution in [0.3, 0.4) is 0 Å². The van der Waals surface area contributed by atoms with Gasteiger partial charge in [-0.3, -0.25) is 0 Å². The fourth-order valence-corrected chi connectivity index (χ4v) is 9.45. The molecule has 1 aliphatic carbocycles. The molecule has 0 atom stereocenters. The van der Waals surface area contributed by atoms with Crippen molar-refractivity contribution in [3.8, 4) is 27.9 Å². The fraction of sp³-hybridized carbons (Fsp3) is 0.0182. The first-order chi connectivity index (χ1) is 28.3. The van der Waals surface area contributed by atoms with Gasteiger partial charge in [0.1, 0.15) is 0 Å². The molecular formula is C55H38N2. The second-order valence-corrected chi connectivity index (χ2v) is 14.9. The smallest absolute Gasteiger partial charge is 0.0714 e. The highest BCUT2D eigenvalue weighted by Crippen LogP contribution is 2.56. The zero-order valence-electron chi connectivity index (χ0n) is 31.3. The third kappa shape index (κ3) is 5.18. The van der Waals surface area contributed by atoms with Crippen LogP contribution in [0.5, 0.6) is 0 Å². The Morgan fingerprint density at radius 1 is 0.333 bits per heavy atom. The predicted octanol–water partition coefficient (Wildman–Crippen LogP) is 14.3. The lowest BCUT2D eigenvalue weighted by Gasteiger charge is -2.35. The third-order valence-electron chi connectivity index (χ3n) is 11.8. The Labute approximate surface area is 333 Å². The first-order valence-corrected chi connectivity index (χ1v) is 19.7. The molecule has 0 saturated heterocycles. The van der Waals surface area contributed by atoms with Crippen LogP contribution in [0.15, 0.2) is 231 Å². The Morgan fingerprint density at radius 3 is 1.60 bits per heavy atom. The molecule has 0 saturated carbocycles. The summed E-state index contributed by atoms with van der Waals surface area (Å²) >= 11 is 0. The third-order valence-corrected chi connectivity index (χ3v) is 11.8. The summed E-state index contributed by atoms with van der Waals surface area (Å²) in [6, 6.07) is 84.3. The SMILES string of the molecule is c1ccc(-c2cccc(N(c3cccc(C4(c5ccccc5)c5ccccc5-c5ccccc54)c3)c3ccc4c(c3)c3ccccc3n4-c3ccccc3)c2)cc1. The van der Waals surface area contributed by atoms with Gasteiger partial charge < -0.3 is 9.47 Å². The maximum atomic E-state index is 2.44. The molecule has 0 N–H and O–H groups in total. The van der Waals surface area contributed by atoms with Crippen molar-refractivity contribution in [3.63, 3.8) is 0 Å². The van der Waals surface area contributed by atoms with Gasteiger partial charge >= 0.3 is 0 Å². The number of rotatable bonds is 7. The lowest BCUT2D eigenvalue weighted by Crippen LogP contribution is -2.28. The largest absolute Gasteiger partial charge is 0.310 e. The maximum absolute atomic E-state index is 2.44. The van der Waals surface area contributed by atoms with Crippen LogP contribution in [0.2, 0.25) is 0 Å². The molecule has 57 heavy (non-hydrogen) atoms. The van der Waals surface area contributed by atoms with E-state index in [-0.39, 0.29) is 0 Å². The molecule has 0 bridgehead atoms. The number of nitrogens with zero attached hydrogens (tertiary/aromatic N) is 2. The van der Waals surface area contributed by atoms with E-state index in [1.807, 2.05) is 0 Å². The van der Waals surface area contributed by atoms with Crippen LogP contribution in [-0.4, -0.2) is 4.57 Å². The molecule has 1 heterocycles. The molecule has 0 aliphatic heterocycles. The lowest BCUT2D eigenvalue weighted by atomic mass is 9.67. The van der Waals surface area contributed by atoms with Crippen molar-refractivity contribution >= 4 is 38.9 Å². The van der Waals surface area contributed by atoms with E-state index in [1.165, 1.54) is 66.3 Å². The molecule has 0 unspecified atom stereocenters. The minimum Gasteiger partial charge on any atom is -0.310 e. The number of hydrogen-bond acceptors (Lipinski definition) is 1. The highest BCUT2D eigenvalue weighted by Gasteiger charge is 2.46. The van der Waals surface area contributed by atoms with Gasteiger partial charge in [-0.2, -0.15) is 0 Å². The average molecular weight is 727 g/mol. The second-order valence-electron chi connectivity index (χ2n) is 14.9. The number of aromatic nitrogens is 1. The fourth-order valence-electron chi connectivity index (χ4n) is 9.45. The number of fused-ring (bicyclic) bond motifs is 6. The Kier molecular flexibility index (Phi) is 7.75. The molecule has 0 spiro atoms. The van der Waals surface area contributed by atoms with Crippen molar-refractivity contribution in [2.24, 2.45) is 0 Å². The maximum Gasteiger partial charge on any atom is 0.0714 e. The summed E-state index contributed by atoms with van der Waals surface area (Å²) in [6.45, 7) is 0. The van der Waals surface area contributed by atoms with Crippen molar-refractivity contribution in [1.82, 2.24) is 4.57 Å². The van der Waals surface area contributed by atoms with Gasteiger partial charge in [-0.15, -0.1) is 0 Å². The molecule has 0 radical (unpaired) electrons. The van der Waals surface area contributed by atoms with Crippen LogP contribution in [-0.2, 0) is 5.41 Å². The molecule has 11 rings (SSSR count). The highest BCUT2D eigenvalue weighted by atomic mass is 15.1. The summed E-state index contributed by atoms with van der Waals surface area (Å²) in [5, 5.41) is 2.44. The Morgan fingerprint density at radius 2 is 0.860 bits per heavy atom. The molecule has 1 aromatic heterocycles. The van der Waals surface area contributed by atoms with Gasteiger partial charge in [0.2, 0.25) is 0 Å². The zero-order valence-corrected chi connectivity index (χ0v) is 31.3. The van der Waals surface area contributed by atoms with Gasteiger partial charge in [-0.1, -0.05) is 170 Å². The quantitative estimate of drug-likeness (QED) is 0.159. The molecular weight excluding hydrogens is 689 g/mol. The normalized spacial score (nSPS) is 12.7. The highest BCUT2D eigenvalue weighted by molar-refractivity contribution is 6.10.